The highest BCUT2D eigenvalue weighted by molar-refractivity contribution is 6.03. The van der Waals surface area contributed by atoms with E-state index in [9.17, 15) is 14.4 Å². The number of methoxy groups -OCH3 is 4. The molecule has 6 aliphatic rings. The Kier molecular flexibility index (Phi) is 9.66. The SMILES string of the molecule is [C-]#[N+]C1=CC2(C)C3=CC(=O)C4C5CC(C)(C)CCC5(C(=O)OC5OC(COC)C(OC)C(OC)C5OC)CCC4(C)C3(C)CCC2C(C)(C)C1=O. The van der Waals surface area contributed by atoms with Gasteiger partial charge in [0.25, 0.3) is 0 Å². The molecular formula is C41H59NO9. The summed E-state index contributed by atoms with van der Waals surface area (Å²) in [6, 6.07) is 0. The Morgan fingerprint density at radius 2 is 1.55 bits per heavy atom. The largest absolute Gasteiger partial charge is 0.432 e. The van der Waals surface area contributed by atoms with Crippen molar-refractivity contribution in [3.8, 4) is 0 Å². The molecule has 0 aromatic rings. The van der Waals surface area contributed by atoms with Crippen LogP contribution in [0.15, 0.2) is 23.4 Å². The standard InChI is InChI=1S/C41H59NO9/c1-36(2)15-17-41(35(45)51-34-32(49-12)31(48-11)30(47-10)26(50-34)22-46-9)18-16-40(7)29(23(41)20-36)25(43)19-28-38(5)21-24(42-8)33(44)37(3,4)27(38)13-14-39(28,40)6/h19,21,23,26-27,29-32,34H,13-18,20,22H2,1-7,9-12H3. The molecular weight excluding hydrogens is 650 g/mol. The molecule has 12 unspecified atom stereocenters. The number of ketones is 2. The Morgan fingerprint density at radius 3 is 2.16 bits per heavy atom. The van der Waals surface area contributed by atoms with Gasteiger partial charge < -0.3 is 33.2 Å². The molecule has 5 aliphatic carbocycles. The van der Waals surface area contributed by atoms with Crippen LogP contribution in [-0.4, -0.2) is 83.3 Å². The minimum atomic E-state index is -1.06. The highest BCUT2D eigenvalue weighted by Crippen LogP contribution is 2.74. The molecule has 4 fully saturated rings. The van der Waals surface area contributed by atoms with Crippen molar-refractivity contribution in [2.45, 2.75) is 124 Å². The van der Waals surface area contributed by atoms with Crippen LogP contribution in [0.5, 0.6) is 0 Å². The second-order valence-corrected chi connectivity index (χ2v) is 18.4. The summed E-state index contributed by atoms with van der Waals surface area (Å²) < 4.78 is 35.6. The highest BCUT2D eigenvalue weighted by Gasteiger charge is 2.71. The predicted octanol–water partition coefficient (Wildman–Crippen LogP) is 6.52. The summed E-state index contributed by atoms with van der Waals surface area (Å²) in [7, 11) is 6.28. The summed E-state index contributed by atoms with van der Waals surface area (Å²) in [5.74, 6) is -1.08. The van der Waals surface area contributed by atoms with Crippen LogP contribution in [0, 0.1) is 56.8 Å². The number of rotatable bonds is 7. The minimum absolute atomic E-state index is 0.0265. The lowest BCUT2D eigenvalue weighted by atomic mass is 9.34. The number of hydrogen-bond donors (Lipinski definition) is 0. The van der Waals surface area contributed by atoms with Crippen LogP contribution < -0.4 is 0 Å². The van der Waals surface area contributed by atoms with Gasteiger partial charge in [0.1, 0.15) is 24.4 Å². The Morgan fingerprint density at radius 1 is 0.902 bits per heavy atom. The average Bonchev–Trinajstić information content (AvgIpc) is 3.07. The number of Topliss-reactive ketones (excluding diaryl/α,β-unsaturated/α-hetero) is 1. The second-order valence-electron chi connectivity index (χ2n) is 18.4. The van der Waals surface area contributed by atoms with Gasteiger partial charge in [0.15, 0.2) is 11.6 Å². The van der Waals surface area contributed by atoms with E-state index in [0.29, 0.717) is 25.7 Å². The van der Waals surface area contributed by atoms with Crippen molar-refractivity contribution in [1.82, 2.24) is 0 Å². The van der Waals surface area contributed by atoms with Crippen molar-refractivity contribution in [2.75, 3.05) is 35.0 Å². The molecule has 10 nitrogen and oxygen atoms in total. The van der Waals surface area contributed by atoms with E-state index in [0.717, 1.165) is 24.8 Å². The molecule has 1 saturated heterocycles. The number of carbonyl (C=O) groups is 3. The quantitative estimate of drug-likeness (QED) is 0.216. The Hall–Kier alpha value is -2.42. The maximum Gasteiger partial charge on any atom is 0.314 e. The first-order valence-corrected chi connectivity index (χ1v) is 18.7. The third kappa shape index (κ3) is 5.38. The number of esters is 1. The lowest BCUT2D eigenvalue weighted by Crippen LogP contribution is -2.66. The Balaban J connectivity index is 1.41. The van der Waals surface area contributed by atoms with Gasteiger partial charge in [0.2, 0.25) is 12.0 Å². The molecule has 0 spiro atoms. The van der Waals surface area contributed by atoms with Gasteiger partial charge >= 0.3 is 5.97 Å². The van der Waals surface area contributed by atoms with Crippen LogP contribution in [-0.2, 0) is 42.8 Å². The van der Waals surface area contributed by atoms with Gasteiger partial charge in [-0.1, -0.05) is 60.1 Å². The number of fused-ring (bicyclic) bond motifs is 7. The molecule has 282 valence electrons. The first-order chi connectivity index (χ1) is 23.9. The van der Waals surface area contributed by atoms with Crippen molar-refractivity contribution in [3.05, 3.63) is 34.8 Å². The molecule has 12 atom stereocenters. The lowest BCUT2D eigenvalue weighted by Gasteiger charge is -2.69. The van der Waals surface area contributed by atoms with E-state index < -0.39 is 58.3 Å². The lowest BCUT2D eigenvalue weighted by molar-refractivity contribution is -0.309. The van der Waals surface area contributed by atoms with Crippen molar-refractivity contribution in [3.63, 3.8) is 0 Å². The first-order valence-electron chi connectivity index (χ1n) is 18.7. The maximum atomic E-state index is 14.9. The van der Waals surface area contributed by atoms with Crippen molar-refractivity contribution >= 4 is 17.5 Å². The van der Waals surface area contributed by atoms with E-state index in [4.69, 9.17) is 35.0 Å². The third-order valence-corrected chi connectivity index (χ3v) is 15.2. The highest BCUT2D eigenvalue weighted by atomic mass is 16.7. The van der Waals surface area contributed by atoms with E-state index in [2.05, 4.69) is 39.5 Å². The van der Waals surface area contributed by atoms with E-state index >= 15 is 0 Å². The molecule has 51 heavy (non-hydrogen) atoms. The molecule has 0 aromatic carbocycles. The predicted molar refractivity (Wildman–Crippen MR) is 189 cm³/mol. The molecule has 0 amide bonds. The number of ether oxygens (including phenoxy) is 6. The average molecular weight is 710 g/mol. The fourth-order valence-corrected chi connectivity index (χ4v) is 12.3. The van der Waals surface area contributed by atoms with Crippen molar-refractivity contribution < 1.29 is 42.8 Å². The van der Waals surface area contributed by atoms with Gasteiger partial charge in [-0.05, 0) is 79.1 Å². The minimum Gasteiger partial charge on any atom is -0.432 e. The van der Waals surface area contributed by atoms with Crippen LogP contribution in [0.1, 0.15) is 93.4 Å². The maximum absolute atomic E-state index is 14.9. The first kappa shape index (κ1) is 38.3. The Bertz CT molecular complexity index is 1560. The number of allylic oxidation sites excluding steroid dienone is 4. The van der Waals surface area contributed by atoms with Crippen LogP contribution in [0.3, 0.4) is 0 Å². The Labute approximate surface area is 304 Å². The van der Waals surface area contributed by atoms with Crippen LogP contribution in [0.25, 0.3) is 4.85 Å². The normalized spacial score (nSPS) is 45.5. The topological polar surface area (TPSA) is 111 Å². The molecule has 0 bridgehead atoms. The van der Waals surface area contributed by atoms with E-state index in [-0.39, 0.29) is 52.5 Å². The molecule has 0 radical (unpaired) electrons. The summed E-state index contributed by atoms with van der Waals surface area (Å²) in [5.41, 5.74) is -1.91. The zero-order chi connectivity index (χ0) is 37.5. The fourth-order valence-electron chi connectivity index (χ4n) is 12.3. The van der Waals surface area contributed by atoms with Gasteiger partial charge in [-0.15, -0.1) is 0 Å². The summed E-state index contributed by atoms with van der Waals surface area (Å²) in [6.07, 6.45) is 5.39. The molecule has 0 aromatic heterocycles. The smallest absolute Gasteiger partial charge is 0.314 e. The zero-order valence-corrected chi connectivity index (χ0v) is 32.6. The summed E-state index contributed by atoms with van der Waals surface area (Å²) >= 11 is 0. The van der Waals surface area contributed by atoms with Crippen LogP contribution in [0.2, 0.25) is 0 Å². The zero-order valence-electron chi connectivity index (χ0n) is 32.6. The van der Waals surface area contributed by atoms with Crippen LogP contribution >= 0.6 is 0 Å². The van der Waals surface area contributed by atoms with Gasteiger partial charge in [-0.2, -0.15) is 0 Å². The van der Waals surface area contributed by atoms with Gasteiger partial charge in [0.05, 0.1) is 18.6 Å². The fraction of sp³-hybridized carbons (Fsp3) is 0.805. The summed E-state index contributed by atoms with van der Waals surface area (Å²) in [4.78, 5) is 47.0. The third-order valence-electron chi connectivity index (χ3n) is 15.2. The van der Waals surface area contributed by atoms with Crippen molar-refractivity contribution in [1.29, 1.82) is 0 Å². The van der Waals surface area contributed by atoms with E-state index in [1.54, 1.807) is 28.4 Å². The molecule has 6 rings (SSSR count). The molecule has 0 N–H and O–H groups in total. The monoisotopic (exact) mass is 709 g/mol. The summed E-state index contributed by atoms with van der Waals surface area (Å²) in [6.45, 7) is 23.2. The van der Waals surface area contributed by atoms with E-state index in [1.807, 2.05) is 26.0 Å². The van der Waals surface area contributed by atoms with E-state index in [1.165, 1.54) is 0 Å². The molecule has 1 aliphatic heterocycles. The molecule has 1 heterocycles. The van der Waals surface area contributed by atoms with Gasteiger partial charge in [-0.3, -0.25) is 9.59 Å². The number of carbonyl (C=O) groups excluding carboxylic acids is 3. The second kappa shape index (κ2) is 12.9. The van der Waals surface area contributed by atoms with Crippen molar-refractivity contribution in [2.24, 2.45) is 50.2 Å². The van der Waals surface area contributed by atoms with Gasteiger partial charge in [-0.25, -0.2) is 4.85 Å². The molecule has 10 heteroatoms. The number of nitrogens with zero attached hydrogens (tertiary/aromatic N) is 1. The van der Waals surface area contributed by atoms with Crippen LogP contribution in [0.4, 0.5) is 0 Å². The summed E-state index contributed by atoms with van der Waals surface area (Å²) in [5, 5.41) is 0. The van der Waals surface area contributed by atoms with Gasteiger partial charge in [0, 0.05) is 45.2 Å². The number of hydrogen-bond acceptors (Lipinski definition) is 9. The molecule has 3 saturated carbocycles.